The fourth-order valence-corrected chi connectivity index (χ4v) is 9.13. The normalized spacial score (nSPS) is 15.0. The van der Waals surface area contributed by atoms with Gasteiger partial charge in [-0.3, -0.25) is 4.79 Å². The van der Waals surface area contributed by atoms with Crippen molar-refractivity contribution in [3.63, 3.8) is 0 Å². The van der Waals surface area contributed by atoms with Crippen molar-refractivity contribution >= 4 is 23.6 Å². The maximum atomic E-state index is 14.1. The van der Waals surface area contributed by atoms with Gasteiger partial charge in [0.2, 0.25) is 5.75 Å². The molecule has 11 nitrogen and oxygen atoms in total. The van der Waals surface area contributed by atoms with Gasteiger partial charge in [-0.2, -0.15) is 0 Å². The van der Waals surface area contributed by atoms with Crippen LogP contribution in [0.1, 0.15) is 62.3 Å². The van der Waals surface area contributed by atoms with Gasteiger partial charge in [0.1, 0.15) is 16.4 Å². The number of methoxy groups -OCH3 is 3. The molecule has 0 aromatic heterocycles. The minimum atomic E-state index is -4.35. The summed E-state index contributed by atoms with van der Waals surface area (Å²) in [4.78, 5) is 25.2. The number of benzene rings is 4. The zero-order valence-electron chi connectivity index (χ0n) is 31.9. The van der Waals surface area contributed by atoms with Crippen LogP contribution in [0.15, 0.2) is 83.8 Å². The van der Waals surface area contributed by atoms with Crippen molar-refractivity contribution in [3.8, 4) is 39.9 Å². The fraction of sp³-hybridized carbons (Fsp3) is 0.405. The highest BCUT2D eigenvalue weighted by atomic mass is 32.2. The Labute approximate surface area is 324 Å². The van der Waals surface area contributed by atoms with Crippen molar-refractivity contribution in [2.24, 2.45) is 5.92 Å². The average Bonchev–Trinajstić information content (AvgIpc) is 3.71. The highest BCUT2D eigenvalue weighted by molar-refractivity contribution is 7.92. The van der Waals surface area contributed by atoms with Crippen LogP contribution >= 0.6 is 8.03 Å². The van der Waals surface area contributed by atoms with E-state index in [1.807, 2.05) is 67.6 Å². The van der Waals surface area contributed by atoms with Crippen LogP contribution in [0.4, 0.5) is 0 Å². The molecule has 1 unspecified atom stereocenters. The highest BCUT2D eigenvalue weighted by Gasteiger charge is 2.35. The molecule has 0 amide bonds. The number of sulfone groups is 1. The van der Waals surface area contributed by atoms with E-state index in [2.05, 4.69) is 0 Å². The number of rotatable bonds is 20. The Hall–Kier alpha value is -4.48. The summed E-state index contributed by atoms with van der Waals surface area (Å²) in [5.41, 5.74) is 3.46. The van der Waals surface area contributed by atoms with Crippen LogP contribution in [0.3, 0.4) is 0 Å². The van der Waals surface area contributed by atoms with E-state index in [1.54, 1.807) is 12.1 Å². The summed E-state index contributed by atoms with van der Waals surface area (Å²) < 4.78 is 77.4. The highest BCUT2D eigenvalue weighted by Crippen LogP contribution is 2.52. The van der Waals surface area contributed by atoms with E-state index >= 15 is 0 Å². The van der Waals surface area contributed by atoms with Gasteiger partial charge in [0.25, 0.3) is 5.85 Å². The van der Waals surface area contributed by atoms with Crippen LogP contribution in [0, 0.1) is 5.92 Å². The van der Waals surface area contributed by atoms with Crippen molar-refractivity contribution < 1.29 is 51.1 Å². The Balaban J connectivity index is 1.73. The molecule has 0 aliphatic carbocycles. The van der Waals surface area contributed by atoms with Gasteiger partial charge in [-0.25, -0.2) is 8.42 Å². The summed E-state index contributed by atoms with van der Waals surface area (Å²) in [5, 5.41) is 0. The maximum absolute atomic E-state index is 14.1. The topological polar surface area (TPSA) is 147 Å². The third-order valence-electron chi connectivity index (χ3n) is 9.39. The van der Waals surface area contributed by atoms with E-state index in [0.717, 1.165) is 17.5 Å². The monoisotopic (exact) mass is 792 g/mol. The Morgan fingerprint density at radius 1 is 0.891 bits per heavy atom. The second kappa shape index (κ2) is 19.4. The molecule has 1 saturated heterocycles. The van der Waals surface area contributed by atoms with Crippen LogP contribution < -0.4 is 28.6 Å². The van der Waals surface area contributed by atoms with Gasteiger partial charge in [-0.05, 0) is 85.4 Å². The summed E-state index contributed by atoms with van der Waals surface area (Å²) in [6.07, 6.45) is 2.81. The predicted molar refractivity (Wildman–Crippen MR) is 208 cm³/mol. The molecule has 0 spiro atoms. The largest absolute Gasteiger partial charge is 0.593 e. The van der Waals surface area contributed by atoms with Crippen molar-refractivity contribution in [3.05, 3.63) is 95.6 Å². The number of Topliss-reactive ketones (excluding diaryl/α,β-unsaturated/α-hetero) is 1. The molecule has 55 heavy (non-hydrogen) atoms. The third-order valence-corrected chi connectivity index (χ3v) is 11.9. The molecule has 4 aromatic rings. The Bertz CT molecular complexity index is 1990. The van der Waals surface area contributed by atoms with Gasteiger partial charge in [0.05, 0.1) is 34.0 Å². The van der Waals surface area contributed by atoms with Gasteiger partial charge >= 0.3 is 8.03 Å². The summed E-state index contributed by atoms with van der Waals surface area (Å²) in [7, 11) is -3.13. The molecule has 5 rings (SSSR count). The third kappa shape index (κ3) is 10.4. The summed E-state index contributed by atoms with van der Waals surface area (Å²) in [6.45, 7) is 3.66. The molecule has 1 aliphatic heterocycles. The van der Waals surface area contributed by atoms with E-state index in [9.17, 15) is 22.7 Å². The second-order valence-corrected chi connectivity index (χ2v) is 16.7. The molecule has 0 bridgehead atoms. The van der Waals surface area contributed by atoms with Gasteiger partial charge in [-0.15, -0.1) is 0 Å². The molecule has 1 heterocycles. The quantitative estimate of drug-likeness (QED) is 0.0812. The molecule has 1 aliphatic rings. The van der Waals surface area contributed by atoms with Crippen LogP contribution in [0.2, 0.25) is 0 Å². The number of ether oxygens (including phenoxy) is 6. The standard InChI is InChI=1S/C42H49O11PS/c1-6-19-52-40-36(53-38(54(44)45)23-31(21-29-14-9-7-10-15-29)22-30-16-11-8-12-17-30)24-32(25-37(40)55(46,47)27-28(2)43)39-33(34-18-13-20-51-34)26-35(48-3)41(49-4)42(39)50-5/h7-12,14-17,24-26,31,34,38H,6,13,18-23,27H2,1-5H3/t34-,38-/m0/s1. The molecule has 0 saturated carbocycles. The molecule has 0 radical (unpaired) electrons. The van der Waals surface area contributed by atoms with E-state index in [1.165, 1.54) is 34.3 Å². The minimum Gasteiger partial charge on any atom is -0.593 e. The van der Waals surface area contributed by atoms with Crippen LogP contribution in [0.25, 0.3) is 11.1 Å². The number of ketones is 1. The lowest BCUT2D eigenvalue weighted by Gasteiger charge is -2.25. The maximum Gasteiger partial charge on any atom is 0.354 e. The van der Waals surface area contributed by atoms with Crippen molar-refractivity contribution in [2.75, 3.05) is 40.3 Å². The Morgan fingerprint density at radius 3 is 2.04 bits per heavy atom. The van der Waals surface area contributed by atoms with E-state index in [4.69, 9.17) is 28.4 Å². The summed E-state index contributed by atoms with van der Waals surface area (Å²) in [6, 6.07) is 24.4. The lowest BCUT2D eigenvalue weighted by molar-refractivity contribution is -0.171. The minimum absolute atomic E-state index is 0.0936. The molecule has 3 atom stereocenters. The van der Waals surface area contributed by atoms with Crippen LogP contribution in [-0.2, 0) is 36.8 Å². The molecule has 4 aromatic carbocycles. The van der Waals surface area contributed by atoms with Crippen molar-refractivity contribution in [1.82, 2.24) is 0 Å². The number of hydrogen-bond acceptors (Lipinski definition) is 11. The predicted octanol–water partition coefficient (Wildman–Crippen LogP) is 7.68. The van der Waals surface area contributed by atoms with E-state index in [0.29, 0.717) is 54.7 Å². The number of carbonyl (C=O) groups excluding carboxylic acids is 1. The van der Waals surface area contributed by atoms with Crippen LogP contribution in [-0.4, -0.2) is 60.3 Å². The van der Waals surface area contributed by atoms with E-state index in [-0.39, 0.29) is 46.8 Å². The summed E-state index contributed by atoms with van der Waals surface area (Å²) in [5.74, 6) is -2.34. The second-order valence-electron chi connectivity index (χ2n) is 13.6. The lowest BCUT2D eigenvalue weighted by Crippen LogP contribution is -2.24. The Kier molecular flexibility index (Phi) is 14.7. The summed E-state index contributed by atoms with van der Waals surface area (Å²) >= 11 is 0. The van der Waals surface area contributed by atoms with Crippen molar-refractivity contribution in [1.29, 1.82) is 0 Å². The first kappa shape index (κ1) is 41.7. The first-order valence-corrected chi connectivity index (χ1v) is 21.2. The molecular formula is C42H49O11PS. The first-order chi connectivity index (χ1) is 26.5. The average molecular weight is 793 g/mol. The van der Waals surface area contributed by atoms with Gasteiger partial charge in [0.15, 0.2) is 32.8 Å². The van der Waals surface area contributed by atoms with Gasteiger partial charge in [-0.1, -0.05) is 72.2 Å². The van der Waals surface area contributed by atoms with Gasteiger partial charge < -0.3 is 33.3 Å². The molecule has 0 N–H and O–H groups in total. The molecule has 294 valence electrons. The van der Waals surface area contributed by atoms with Gasteiger partial charge in [0, 0.05) is 18.6 Å². The molecule has 13 heteroatoms. The lowest BCUT2D eigenvalue weighted by atomic mass is 9.90. The molecule has 1 fully saturated rings. The SMILES string of the molecule is CCCOc1c(O[C@H](CC(Cc2ccccc2)Cc2ccccc2)[P+](=O)[O-])cc(-c2c([C@@H]3CCCO3)cc(OC)c(OC)c2OC)cc1S(=O)(=O)CC(C)=O. The van der Waals surface area contributed by atoms with Crippen molar-refractivity contribution in [2.45, 2.75) is 69.2 Å². The Morgan fingerprint density at radius 2 is 1.53 bits per heavy atom. The number of hydrogen-bond donors (Lipinski definition) is 0. The smallest absolute Gasteiger partial charge is 0.354 e. The zero-order valence-corrected chi connectivity index (χ0v) is 33.7. The fourth-order valence-electron chi connectivity index (χ4n) is 7.02. The first-order valence-electron chi connectivity index (χ1n) is 18.3. The number of carbonyl (C=O) groups is 1. The molecular weight excluding hydrogens is 743 g/mol. The van der Waals surface area contributed by atoms with Crippen LogP contribution in [0.5, 0.6) is 28.7 Å². The zero-order chi connectivity index (χ0) is 39.5. The van der Waals surface area contributed by atoms with E-state index < -0.39 is 41.4 Å².